The lowest BCUT2D eigenvalue weighted by molar-refractivity contribution is 0.0600. The van der Waals surface area contributed by atoms with Crippen molar-refractivity contribution in [3.05, 3.63) is 57.8 Å². The first-order valence-electron chi connectivity index (χ1n) is 5.81. The van der Waals surface area contributed by atoms with Gasteiger partial charge in [0.05, 0.1) is 28.3 Å². The minimum Gasteiger partial charge on any atom is -0.465 e. The van der Waals surface area contributed by atoms with Gasteiger partial charge in [-0.15, -0.1) is 0 Å². The van der Waals surface area contributed by atoms with E-state index in [1.165, 1.54) is 37.7 Å². The minimum atomic E-state index is -0.585. The monoisotopic (exact) mass is 324 g/mol. The lowest BCUT2D eigenvalue weighted by atomic mass is 10.2. The Morgan fingerprint density at radius 2 is 1.90 bits per heavy atom. The molecule has 0 fully saturated rings. The lowest BCUT2D eigenvalue weighted by Crippen LogP contribution is -2.13. The van der Waals surface area contributed by atoms with Gasteiger partial charge in [0.15, 0.2) is 0 Å². The van der Waals surface area contributed by atoms with Crippen LogP contribution >= 0.6 is 23.2 Å². The Balaban J connectivity index is 2.26. The van der Waals surface area contributed by atoms with E-state index in [2.05, 4.69) is 15.0 Å². The van der Waals surface area contributed by atoms with Crippen molar-refractivity contribution in [3.63, 3.8) is 0 Å². The Morgan fingerprint density at radius 3 is 2.57 bits per heavy atom. The van der Waals surface area contributed by atoms with E-state index in [1.807, 2.05) is 0 Å². The van der Waals surface area contributed by atoms with Crippen molar-refractivity contribution >= 4 is 40.8 Å². The predicted octanol–water partition coefficient (Wildman–Crippen LogP) is 3.43. The van der Waals surface area contributed by atoms with Gasteiger partial charge in [-0.1, -0.05) is 23.2 Å². The molecule has 1 N–H and O–H groups in total. The summed E-state index contributed by atoms with van der Waals surface area (Å²) in [6, 6.07) is 6.00. The largest absolute Gasteiger partial charge is 0.465 e. The molecule has 21 heavy (non-hydrogen) atoms. The Morgan fingerprint density at radius 1 is 1.14 bits per heavy atom. The topological polar surface area (TPSA) is 68.3 Å². The molecule has 1 amide bonds. The molecule has 7 heteroatoms. The van der Waals surface area contributed by atoms with Crippen molar-refractivity contribution in [2.24, 2.45) is 0 Å². The highest BCUT2D eigenvalue weighted by Crippen LogP contribution is 2.22. The smallest absolute Gasteiger partial charge is 0.339 e. The van der Waals surface area contributed by atoms with Crippen molar-refractivity contribution < 1.29 is 14.3 Å². The van der Waals surface area contributed by atoms with Crippen LogP contribution < -0.4 is 5.32 Å². The highest BCUT2D eigenvalue weighted by Gasteiger charge is 2.14. The molecular formula is C14H10Cl2N2O3. The Kier molecular flexibility index (Phi) is 4.77. The summed E-state index contributed by atoms with van der Waals surface area (Å²) < 4.78 is 4.62. The molecule has 0 aliphatic rings. The summed E-state index contributed by atoms with van der Waals surface area (Å²) in [6.07, 6.45) is 2.83. The SMILES string of the molecule is COC(=O)c1cc(NC(=O)c2ccncc2Cl)ccc1Cl. The van der Waals surface area contributed by atoms with Crippen molar-refractivity contribution in [3.8, 4) is 0 Å². The fraction of sp³-hybridized carbons (Fsp3) is 0.0714. The molecule has 0 aliphatic heterocycles. The summed E-state index contributed by atoms with van der Waals surface area (Å²) in [6.45, 7) is 0. The van der Waals surface area contributed by atoms with E-state index in [4.69, 9.17) is 23.2 Å². The maximum Gasteiger partial charge on any atom is 0.339 e. The highest BCUT2D eigenvalue weighted by molar-refractivity contribution is 6.34. The maximum atomic E-state index is 12.1. The number of anilines is 1. The molecule has 0 bridgehead atoms. The standard InChI is InChI=1S/C14H10Cl2N2O3/c1-21-14(20)10-6-8(2-3-11(10)15)18-13(19)9-4-5-17-7-12(9)16/h2-7H,1H3,(H,18,19). The van der Waals surface area contributed by atoms with Crippen LogP contribution in [0.25, 0.3) is 0 Å². The number of carbonyl (C=O) groups is 2. The van der Waals surface area contributed by atoms with Crippen LogP contribution in [-0.2, 0) is 4.74 Å². The van der Waals surface area contributed by atoms with Crippen LogP contribution in [0.15, 0.2) is 36.7 Å². The fourth-order valence-electron chi connectivity index (χ4n) is 1.63. The Labute approximate surface area is 130 Å². The first-order chi connectivity index (χ1) is 10.0. The molecule has 0 atom stereocenters. The van der Waals surface area contributed by atoms with Gasteiger partial charge < -0.3 is 10.1 Å². The molecule has 0 saturated heterocycles. The number of pyridine rings is 1. The van der Waals surface area contributed by atoms with Gasteiger partial charge in [-0.3, -0.25) is 9.78 Å². The van der Waals surface area contributed by atoms with E-state index in [9.17, 15) is 9.59 Å². The number of nitrogens with one attached hydrogen (secondary N) is 1. The third-order valence-corrected chi connectivity index (χ3v) is 3.28. The number of rotatable bonds is 3. The Hall–Kier alpha value is -2.11. The normalized spacial score (nSPS) is 10.0. The molecule has 2 aromatic rings. The van der Waals surface area contributed by atoms with Gasteiger partial charge >= 0.3 is 5.97 Å². The summed E-state index contributed by atoms with van der Waals surface area (Å²) in [4.78, 5) is 27.4. The van der Waals surface area contributed by atoms with Crippen LogP contribution in [0.5, 0.6) is 0 Å². The van der Waals surface area contributed by atoms with Gasteiger partial charge in [0, 0.05) is 18.1 Å². The zero-order valence-electron chi connectivity index (χ0n) is 10.9. The lowest BCUT2D eigenvalue weighted by Gasteiger charge is -2.09. The molecular weight excluding hydrogens is 315 g/mol. The second-order valence-corrected chi connectivity index (χ2v) is 4.81. The molecule has 0 aliphatic carbocycles. The summed E-state index contributed by atoms with van der Waals surface area (Å²) in [5, 5.41) is 3.10. The average molecular weight is 325 g/mol. The number of halogens is 2. The average Bonchev–Trinajstić information content (AvgIpc) is 2.48. The molecule has 0 radical (unpaired) electrons. The van der Waals surface area contributed by atoms with E-state index in [0.717, 1.165) is 0 Å². The molecule has 0 unspecified atom stereocenters. The number of carbonyl (C=O) groups excluding carboxylic acids is 2. The third-order valence-electron chi connectivity index (χ3n) is 2.65. The van der Waals surface area contributed by atoms with Crippen molar-refractivity contribution in [1.29, 1.82) is 0 Å². The molecule has 108 valence electrons. The first-order valence-corrected chi connectivity index (χ1v) is 6.57. The van der Waals surface area contributed by atoms with Gasteiger partial charge in [-0.25, -0.2) is 4.79 Å². The van der Waals surface area contributed by atoms with Crippen LogP contribution in [0, 0.1) is 0 Å². The second-order valence-electron chi connectivity index (χ2n) is 4.00. The molecule has 1 aromatic heterocycles. The molecule has 0 spiro atoms. The summed E-state index contributed by atoms with van der Waals surface area (Å²) in [5.74, 6) is -1.00. The van der Waals surface area contributed by atoms with Crippen molar-refractivity contribution in [2.75, 3.05) is 12.4 Å². The summed E-state index contributed by atoms with van der Waals surface area (Å²) in [5.41, 5.74) is 0.844. The van der Waals surface area contributed by atoms with E-state index in [-0.39, 0.29) is 21.2 Å². The van der Waals surface area contributed by atoms with Crippen LogP contribution in [0.3, 0.4) is 0 Å². The van der Waals surface area contributed by atoms with Crippen LogP contribution in [0.2, 0.25) is 10.0 Å². The number of ether oxygens (including phenoxy) is 1. The van der Waals surface area contributed by atoms with Crippen LogP contribution in [0.4, 0.5) is 5.69 Å². The number of methoxy groups -OCH3 is 1. The Bertz CT molecular complexity index is 704. The third kappa shape index (κ3) is 3.51. The summed E-state index contributed by atoms with van der Waals surface area (Å²) >= 11 is 11.8. The number of amides is 1. The number of benzene rings is 1. The second kappa shape index (κ2) is 6.56. The minimum absolute atomic E-state index is 0.165. The van der Waals surface area contributed by atoms with E-state index in [0.29, 0.717) is 5.69 Å². The molecule has 0 saturated carbocycles. The van der Waals surface area contributed by atoms with Gasteiger partial charge in [0.1, 0.15) is 0 Å². The number of nitrogens with zero attached hydrogens (tertiary/aromatic N) is 1. The van der Waals surface area contributed by atoms with Crippen LogP contribution in [0.1, 0.15) is 20.7 Å². The summed E-state index contributed by atoms with van der Waals surface area (Å²) in [7, 11) is 1.25. The van der Waals surface area contributed by atoms with Gasteiger partial charge in [0.25, 0.3) is 5.91 Å². The molecule has 1 aromatic carbocycles. The number of aromatic nitrogens is 1. The first kappa shape index (κ1) is 15.3. The molecule has 1 heterocycles. The predicted molar refractivity (Wildman–Crippen MR) is 80.0 cm³/mol. The van der Waals surface area contributed by atoms with E-state index < -0.39 is 11.9 Å². The molecule has 5 nitrogen and oxygen atoms in total. The van der Waals surface area contributed by atoms with E-state index >= 15 is 0 Å². The van der Waals surface area contributed by atoms with E-state index in [1.54, 1.807) is 6.07 Å². The number of hydrogen-bond donors (Lipinski definition) is 1. The highest BCUT2D eigenvalue weighted by atomic mass is 35.5. The fourth-order valence-corrected chi connectivity index (χ4v) is 2.03. The number of esters is 1. The van der Waals surface area contributed by atoms with Gasteiger partial charge in [-0.2, -0.15) is 0 Å². The zero-order chi connectivity index (χ0) is 15.4. The van der Waals surface area contributed by atoms with Gasteiger partial charge in [-0.05, 0) is 24.3 Å². The van der Waals surface area contributed by atoms with Crippen LogP contribution in [-0.4, -0.2) is 24.0 Å². The van der Waals surface area contributed by atoms with Crippen molar-refractivity contribution in [2.45, 2.75) is 0 Å². The van der Waals surface area contributed by atoms with Gasteiger partial charge in [0.2, 0.25) is 0 Å². The maximum absolute atomic E-state index is 12.1. The number of hydrogen-bond acceptors (Lipinski definition) is 4. The van der Waals surface area contributed by atoms with Crippen molar-refractivity contribution in [1.82, 2.24) is 4.98 Å². The quantitative estimate of drug-likeness (QED) is 0.878. The zero-order valence-corrected chi connectivity index (χ0v) is 12.4. The molecule has 2 rings (SSSR count).